The first kappa shape index (κ1) is 36.7. The normalized spacial score (nSPS) is 16.2. The molecule has 0 saturated heterocycles. The number of ether oxygens (including phenoxy) is 1. The highest BCUT2D eigenvalue weighted by Gasteiger charge is 2.41. The minimum absolute atomic E-state index is 0.359. The molecule has 0 N–H and O–H groups in total. The minimum atomic E-state index is -0.359. The topological polar surface area (TPSA) is 17.4 Å². The number of anilines is 2. The molecule has 2 aliphatic rings. The van der Waals surface area contributed by atoms with E-state index >= 15 is 0 Å². The van der Waals surface area contributed by atoms with Crippen LogP contribution in [0, 0.1) is 6.92 Å². The highest BCUT2D eigenvalue weighted by atomic mass is 16.5. The van der Waals surface area contributed by atoms with E-state index in [-0.39, 0.29) is 5.60 Å². The summed E-state index contributed by atoms with van der Waals surface area (Å²) in [6.07, 6.45) is 11.9. The number of hydrogen-bond acceptors (Lipinski definition) is 2. The molecule has 0 spiro atoms. The Kier molecular flexibility index (Phi) is 8.68. The van der Waals surface area contributed by atoms with E-state index in [0.29, 0.717) is 0 Å². The van der Waals surface area contributed by atoms with Gasteiger partial charge in [-0.2, -0.15) is 0 Å². The second-order valence-corrected chi connectivity index (χ2v) is 16.7. The largest absolute Gasteiger partial charge is 0.482 e. The molecule has 1 unspecified atom stereocenters. The molecule has 11 rings (SSSR count). The van der Waals surface area contributed by atoms with E-state index < -0.39 is 0 Å². The number of rotatable bonds is 7. The molecule has 0 radical (unpaired) electrons. The summed E-state index contributed by atoms with van der Waals surface area (Å²) >= 11 is 0. The van der Waals surface area contributed by atoms with Crippen LogP contribution in [0.3, 0.4) is 0 Å². The van der Waals surface area contributed by atoms with E-state index in [0.717, 1.165) is 29.2 Å². The molecule has 0 amide bonds. The molecule has 0 bridgehead atoms. The smallest absolute Gasteiger partial charge is 0.135 e. The summed E-state index contributed by atoms with van der Waals surface area (Å²) in [4.78, 5) is 2.41. The summed E-state index contributed by atoms with van der Waals surface area (Å²) in [7, 11) is 0. The molecular weight excluding hydrogens is 741 g/mol. The predicted molar refractivity (Wildman–Crippen MR) is 260 cm³/mol. The van der Waals surface area contributed by atoms with Gasteiger partial charge in [0.05, 0.1) is 11.0 Å². The molecule has 1 aliphatic heterocycles. The van der Waals surface area contributed by atoms with Gasteiger partial charge in [0.2, 0.25) is 0 Å². The summed E-state index contributed by atoms with van der Waals surface area (Å²) < 4.78 is 8.97. The highest BCUT2D eigenvalue weighted by Crippen LogP contribution is 2.50. The summed E-state index contributed by atoms with van der Waals surface area (Å²) in [5.74, 6) is 0.965. The zero-order valence-electron chi connectivity index (χ0n) is 35.0. The Hall–Kier alpha value is -7.36. The molecule has 3 nitrogen and oxygen atoms in total. The van der Waals surface area contributed by atoms with Crippen molar-refractivity contribution >= 4 is 66.0 Å². The second kappa shape index (κ2) is 14.4. The maximum Gasteiger partial charge on any atom is 0.135 e. The van der Waals surface area contributed by atoms with Gasteiger partial charge in [-0.05, 0) is 138 Å². The molecule has 1 aromatic heterocycles. The summed E-state index contributed by atoms with van der Waals surface area (Å²) in [6.45, 7) is 8.76. The molecule has 3 heteroatoms. The van der Waals surface area contributed by atoms with Crippen LogP contribution in [0.15, 0.2) is 200 Å². The van der Waals surface area contributed by atoms with Gasteiger partial charge < -0.3 is 14.2 Å². The fraction of sp³-hybridized carbons (Fsp3) is 0.103. The van der Waals surface area contributed by atoms with Crippen LogP contribution in [0.5, 0.6) is 5.75 Å². The van der Waals surface area contributed by atoms with E-state index in [1.54, 1.807) is 0 Å². The molecular formula is C58H46N2O. The molecule has 1 aliphatic carbocycles. The van der Waals surface area contributed by atoms with E-state index in [2.05, 4.69) is 231 Å². The van der Waals surface area contributed by atoms with Crippen molar-refractivity contribution in [1.82, 2.24) is 4.57 Å². The van der Waals surface area contributed by atoms with E-state index in [9.17, 15) is 0 Å². The van der Waals surface area contributed by atoms with E-state index in [4.69, 9.17) is 4.74 Å². The first-order valence-electron chi connectivity index (χ1n) is 21.4. The van der Waals surface area contributed by atoms with Gasteiger partial charge >= 0.3 is 0 Å². The number of hydrogen-bond donors (Lipinski definition) is 0. The Morgan fingerprint density at radius 1 is 0.639 bits per heavy atom. The van der Waals surface area contributed by atoms with Crippen LogP contribution < -0.4 is 9.64 Å². The number of para-hydroxylation sites is 2. The maximum atomic E-state index is 6.53. The lowest BCUT2D eigenvalue weighted by molar-refractivity contribution is 0.170. The number of aromatic nitrogens is 1. The second-order valence-electron chi connectivity index (χ2n) is 16.7. The van der Waals surface area contributed by atoms with Gasteiger partial charge in [-0.25, -0.2) is 0 Å². The fourth-order valence-corrected chi connectivity index (χ4v) is 9.95. The zero-order valence-corrected chi connectivity index (χ0v) is 35.0. The Morgan fingerprint density at radius 3 is 2.21 bits per heavy atom. The van der Waals surface area contributed by atoms with Crippen LogP contribution in [0.25, 0.3) is 76.9 Å². The van der Waals surface area contributed by atoms with Crippen molar-refractivity contribution in [2.24, 2.45) is 0 Å². The molecule has 0 saturated carbocycles. The van der Waals surface area contributed by atoms with Gasteiger partial charge in [0.15, 0.2) is 0 Å². The van der Waals surface area contributed by atoms with Crippen LogP contribution in [0.2, 0.25) is 0 Å². The third kappa shape index (κ3) is 5.95. The zero-order chi connectivity index (χ0) is 41.2. The molecule has 61 heavy (non-hydrogen) atoms. The fourth-order valence-electron chi connectivity index (χ4n) is 9.95. The molecule has 2 heterocycles. The summed E-state index contributed by atoms with van der Waals surface area (Å²) in [5.41, 5.74) is 15.1. The third-order valence-corrected chi connectivity index (χ3v) is 12.9. The van der Waals surface area contributed by atoms with Crippen molar-refractivity contribution in [2.45, 2.75) is 39.7 Å². The van der Waals surface area contributed by atoms with Crippen molar-refractivity contribution in [1.29, 1.82) is 0 Å². The molecule has 8 aromatic carbocycles. The predicted octanol–water partition coefficient (Wildman–Crippen LogP) is 15.8. The third-order valence-electron chi connectivity index (χ3n) is 12.9. The van der Waals surface area contributed by atoms with Crippen LogP contribution in [0.4, 0.5) is 11.4 Å². The van der Waals surface area contributed by atoms with Crippen molar-refractivity contribution in [3.63, 3.8) is 0 Å². The average Bonchev–Trinajstić information content (AvgIpc) is 3.79. The number of nitrogens with zero attached hydrogens (tertiary/aromatic N) is 2. The summed E-state index contributed by atoms with van der Waals surface area (Å²) in [6, 6.07) is 59.9. The van der Waals surface area contributed by atoms with Crippen molar-refractivity contribution in [3.05, 3.63) is 211 Å². The Morgan fingerprint density at radius 2 is 1.34 bits per heavy atom. The van der Waals surface area contributed by atoms with Crippen LogP contribution in [-0.4, -0.2) is 10.2 Å². The lowest BCUT2D eigenvalue weighted by Crippen LogP contribution is -2.30. The van der Waals surface area contributed by atoms with Crippen LogP contribution in [0.1, 0.15) is 38.3 Å². The first-order chi connectivity index (χ1) is 29.9. The molecule has 294 valence electrons. The molecule has 1 atom stereocenters. The minimum Gasteiger partial charge on any atom is -0.482 e. The lowest BCUT2D eigenvalue weighted by atomic mass is 9.85. The number of fused-ring (bicyclic) bond motifs is 9. The maximum absolute atomic E-state index is 6.53. The Balaban J connectivity index is 1.03. The van der Waals surface area contributed by atoms with Crippen molar-refractivity contribution in [3.8, 4) is 28.0 Å². The van der Waals surface area contributed by atoms with Gasteiger partial charge in [-0.15, -0.1) is 0 Å². The van der Waals surface area contributed by atoms with Crippen molar-refractivity contribution in [2.75, 3.05) is 4.90 Å². The van der Waals surface area contributed by atoms with E-state index in [1.807, 2.05) is 0 Å². The monoisotopic (exact) mass is 786 g/mol. The van der Waals surface area contributed by atoms with Crippen molar-refractivity contribution < 1.29 is 4.74 Å². The molecule has 0 fully saturated rings. The van der Waals surface area contributed by atoms with Gasteiger partial charge in [0.25, 0.3) is 0 Å². The Labute approximate surface area is 357 Å². The first-order valence-corrected chi connectivity index (χ1v) is 21.4. The van der Waals surface area contributed by atoms with Gasteiger partial charge in [-0.3, -0.25) is 0 Å². The van der Waals surface area contributed by atoms with Gasteiger partial charge in [0.1, 0.15) is 11.4 Å². The van der Waals surface area contributed by atoms with Crippen LogP contribution >= 0.6 is 0 Å². The highest BCUT2D eigenvalue weighted by molar-refractivity contribution is 6.14. The summed E-state index contributed by atoms with van der Waals surface area (Å²) in [5, 5.41) is 7.54. The standard InChI is InChI=1S/C58H46N2O/c1-5-6-17-38(2)59(43-20-15-19-40(34-43)51-35-41-18-7-8-21-46(41)47-22-9-10-23-48(47)51)54-28-16-26-45(39(54)3)42-30-31-56-52(36-42)49-24-11-13-27-55(49)60(56)44-32-33-58(4)53(37-44)50-25-12-14-29-57(50)61-58/h5-32,34-37H,33H2,1-4H3/b6-5-,38-17+. The SMILES string of the molecule is C/C=C\C=C(/C)N(c1cccc(-c2cc3ccccc3c3ccccc23)c1)c1cccc(-c2ccc3c(c2)c2ccccc2n3C2=CCC3(C)Oc4ccccc4C3=C2)c1C. The molecule has 9 aromatic rings. The number of benzene rings is 8. The Bertz CT molecular complexity index is 3370. The number of allylic oxidation sites excluding steroid dienone is 6. The van der Waals surface area contributed by atoms with Crippen LogP contribution in [-0.2, 0) is 0 Å². The lowest BCUT2D eigenvalue weighted by Gasteiger charge is -2.29. The van der Waals surface area contributed by atoms with E-state index in [1.165, 1.54) is 88.0 Å². The van der Waals surface area contributed by atoms with Gasteiger partial charge in [0, 0.05) is 51.1 Å². The average molecular weight is 787 g/mol. The van der Waals surface area contributed by atoms with Gasteiger partial charge in [-0.1, -0.05) is 133 Å². The quantitative estimate of drug-likeness (QED) is 0.118.